The molecule has 0 aliphatic heterocycles. The number of hydrogen-bond acceptors (Lipinski definition) is 4. The quantitative estimate of drug-likeness (QED) is 0.816. The predicted octanol–water partition coefficient (Wildman–Crippen LogP) is 3.74. The Labute approximate surface area is 136 Å². The molecule has 1 N–H and O–H groups in total. The van der Waals surface area contributed by atoms with Crippen molar-refractivity contribution in [2.24, 2.45) is 0 Å². The SMILES string of the molecule is CC(C)n1cnnc1S[C@@H](C)C(=O)Nc1cccc(Br)c1. The van der Waals surface area contributed by atoms with Crippen molar-refractivity contribution in [3.8, 4) is 0 Å². The molecule has 112 valence electrons. The van der Waals surface area contributed by atoms with Gasteiger partial charge in [-0.05, 0) is 39.0 Å². The van der Waals surface area contributed by atoms with Gasteiger partial charge in [-0.3, -0.25) is 4.79 Å². The standard InChI is InChI=1S/C14H17BrN4OS/c1-9(2)19-8-16-18-14(19)21-10(3)13(20)17-12-6-4-5-11(15)7-12/h4-10H,1-3H3,(H,17,20)/t10-/m0/s1. The molecule has 0 aliphatic rings. The molecule has 2 aromatic rings. The maximum atomic E-state index is 12.2. The molecule has 1 aromatic heterocycles. The third-order valence-corrected chi connectivity index (χ3v) is 4.40. The van der Waals surface area contributed by atoms with Crippen LogP contribution in [0.15, 0.2) is 40.2 Å². The van der Waals surface area contributed by atoms with Crippen LogP contribution in [0.3, 0.4) is 0 Å². The van der Waals surface area contributed by atoms with Crippen molar-refractivity contribution in [1.29, 1.82) is 0 Å². The average Bonchev–Trinajstić information content (AvgIpc) is 2.87. The minimum Gasteiger partial charge on any atom is -0.325 e. The molecule has 0 radical (unpaired) electrons. The molecule has 0 saturated carbocycles. The zero-order valence-electron chi connectivity index (χ0n) is 12.1. The summed E-state index contributed by atoms with van der Waals surface area (Å²) in [6, 6.07) is 7.79. The summed E-state index contributed by atoms with van der Waals surface area (Å²) in [5.74, 6) is -0.0589. The first-order valence-electron chi connectivity index (χ1n) is 6.60. The van der Waals surface area contributed by atoms with E-state index in [0.29, 0.717) is 0 Å². The number of thioether (sulfide) groups is 1. The summed E-state index contributed by atoms with van der Waals surface area (Å²) in [4.78, 5) is 12.2. The molecule has 7 heteroatoms. The number of nitrogens with one attached hydrogen (secondary N) is 1. The van der Waals surface area contributed by atoms with E-state index in [2.05, 4.69) is 45.3 Å². The van der Waals surface area contributed by atoms with Gasteiger partial charge in [0.1, 0.15) is 6.33 Å². The predicted molar refractivity (Wildman–Crippen MR) is 88.5 cm³/mol. The highest BCUT2D eigenvalue weighted by molar-refractivity contribution is 9.10. The van der Waals surface area contributed by atoms with Gasteiger partial charge < -0.3 is 9.88 Å². The van der Waals surface area contributed by atoms with Gasteiger partial charge in [0.25, 0.3) is 0 Å². The topological polar surface area (TPSA) is 59.8 Å². The van der Waals surface area contributed by atoms with Crippen LogP contribution in [0.1, 0.15) is 26.8 Å². The fourth-order valence-electron chi connectivity index (χ4n) is 1.69. The number of carbonyl (C=O) groups excluding carboxylic acids is 1. The summed E-state index contributed by atoms with van der Waals surface area (Å²) >= 11 is 4.79. The van der Waals surface area contributed by atoms with Crippen LogP contribution in [0.2, 0.25) is 0 Å². The minimum absolute atomic E-state index is 0.0589. The molecule has 1 heterocycles. The Morgan fingerprint density at radius 3 is 2.81 bits per heavy atom. The highest BCUT2D eigenvalue weighted by Gasteiger charge is 2.18. The second kappa shape index (κ2) is 7.09. The van der Waals surface area contributed by atoms with E-state index in [9.17, 15) is 4.79 Å². The Morgan fingerprint density at radius 1 is 1.38 bits per heavy atom. The molecule has 2 rings (SSSR count). The van der Waals surface area contributed by atoms with Gasteiger partial charge in [0.2, 0.25) is 5.91 Å². The Kier molecular flexibility index (Phi) is 5.41. The summed E-state index contributed by atoms with van der Waals surface area (Å²) in [7, 11) is 0. The Bertz CT molecular complexity index is 629. The van der Waals surface area contributed by atoms with Crippen LogP contribution in [0.4, 0.5) is 5.69 Å². The van der Waals surface area contributed by atoms with Crippen molar-refractivity contribution in [1.82, 2.24) is 14.8 Å². The first-order valence-corrected chi connectivity index (χ1v) is 8.27. The van der Waals surface area contributed by atoms with E-state index >= 15 is 0 Å². The number of aromatic nitrogens is 3. The lowest BCUT2D eigenvalue weighted by atomic mass is 10.3. The first kappa shape index (κ1) is 16.0. The lowest BCUT2D eigenvalue weighted by Crippen LogP contribution is -2.23. The smallest absolute Gasteiger partial charge is 0.237 e. The monoisotopic (exact) mass is 368 g/mol. The van der Waals surface area contributed by atoms with E-state index in [1.807, 2.05) is 35.8 Å². The van der Waals surface area contributed by atoms with E-state index in [1.165, 1.54) is 11.8 Å². The van der Waals surface area contributed by atoms with E-state index in [0.717, 1.165) is 15.3 Å². The molecule has 5 nitrogen and oxygen atoms in total. The molecule has 0 fully saturated rings. The van der Waals surface area contributed by atoms with Crippen LogP contribution in [-0.2, 0) is 4.79 Å². The summed E-state index contributed by atoms with van der Waals surface area (Å²) in [6.45, 7) is 5.97. The third-order valence-electron chi connectivity index (χ3n) is 2.84. The number of hydrogen-bond donors (Lipinski definition) is 1. The highest BCUT2D eigenvalue weighted by Crippen LogP contribution is 2.24. The van der Waals surface area contributed by atoms with Crippen molar-refractivity contribution >= 4 is 39.3 Å². The lowest BCUT2D eigenvalue weighted by molar-refractivity contribution is -0.115. The fraction of sp³-hybridized carbons (Fsp3) is 0.357. The molecule has 1 aromatic carbocycles. The maximum Gasteiger partial charge on any atom is 0.237 e. The summed E-state index contributed by atoms with van der Waals surface area (Å²) < 4.78 is 2.88. The molecule has 0 bridgehead atoms. The van der Waals surface area contributed by atoms with E-state index in [4.69, 9.17) is 0 Å². The van der Waals surface area contributed by atoms with Gasteiger partial charge in [-0.25, -0.2) is 0 Å². The zero-order chi connectivity index (χ0) is 15.4. The van der Waals surface area contributed by atoms with E-state index < -0.39 is 0 Å². The maximum absolute atomic E-state index is 12.2. The molecule has 0 spiro atoms. The first-order chi connectivity index (χ1) is 9.97. The Balaban J connectivity index is 2.01. The highest BCUT2D eigenvalue weighted by atomic mass is 79.9. The van der Waals surface area contributed by atoms with Gasteiger partial charge in [0.15, 0.2) is 5.16 Å². The number of halogens is 1. The molecular formula is C14H17BrN4OS. The van der Waals surface area contributed by atoms with Crippen molar-refractivity contribution < 1.29 is 4.79 Å². The van der Waals surface area contributed by atoms with Crippen LogP contribution >= 0.6 is 27.7 Å². The van der Waals surface area contributed by atoms with Crippen LogP contribution < -0.4 is 5.32 Å². The van der Waals surface area contributed by atoms with Gasteiger partial charge in [0, 0.05) is 16.2 Å². The molecule has 0 saturated heterocycles. The van der Waals surface area contributed by atoms with Gasteiger partial charge in [-0.15, -0.1) is 10.2 Å². The molecule has 0 unspecified atom stereocenters. The fourth-order valence-corrected chi connectivity index (χ4v) is 3.05. The summed E-state index contributed by atoms with van der Waals surface area (Å²) in [5, 5.41) is 11.4. The van der Waals surface area contributed by atoms with Gasteiger partial charge >= 0.3 is 0 Å². The number of carbonyl (C=O) groups is 1. The minimum atomic E-state index is -0.259. The number of nitrogens with zero attached hydrogens (tertiary/aromatic N) is 3. The van der Waals surface area contributed by atoms with Crippen molar-refractivity contribution in [2.75, 3.05) is 5.32 Å². The average molecular weight is 369 g/mol. The second-order valence-corrected chi connectivity index (χ2v) is 7.10. The van der Waals surface area contributed by atoms with Gasteiger partial charge in [-0.1, -0.05) is 33.8 Å². The van der Waals surface area contributed by atoms with Crippen molar-refractivity contribution in [2.45, 2.75) is 37.2 Å². The van der Waals surface area contributed by atoms with Crippen LogP contribution in [0.25, 0.3) is 0 Å². The number of benzene rings is 1. The molecule has 1 atom stereocenters. The molecular weight excluding hydrogens is 352 g/mol. The van der Waals surface area contributed by atoms with Gasteiger partial charge in [0.05, 0.1) is 5.25 Å². The number of anilines is 1. The lowest BCUT2D eigenvalue weighted by Gasteiger charge is -2.14. The largest absolute Gasteiger partial charge is 0.325 e. The van der Waals surface area contributed by atoms with Crippen LogP contribution in [0, 0.1) is 0 Å². The number of amides is 1. The zero-order valence-corrected chi connectivity index (χ0v) is 14.5. The normalized spacial score (nSPS) is 12.4. The molecule has 21 heavy (non-hydrogen) atoms. The summed E-state index contributed by atoms with van der Waals surface area (Å²) in [6.07, 6.45) is 1.69. The van der Waals surface area contributed by atoms with Crippen molar-refractivity contribution in [3.05, 3.63) is 35.1 Å². The second-order valence-electron chi connectivity index (χ2n) is 4.87. The molecule has 0 aliphatic carbocycles. The Hall–Kier alpha value is -1.34. The van der Waals surface area contributed by atoms with E-state index in [1.54, 1.807) is 6.33 Å². The van der Waals surface area contributed by atoms with Crippen molar-refractivity contribution in [3.63, 3.8) is 0 Å². The van der Waals surface area contributed by atoms with E-state index in [-0.39, 0.29) is 17.2 Å². The van der Waals surface area contributed by atoms with Gasteiger partial charge in [-0.2, -0.15) is 0 Å². The number of rotatable bonds is 5. The summed E-state index contributed by atoms with van der Waals surface area (Å²) in [5.41, 5.74) is 0.771. The Morgan fingerprint density at radius 2 is 2.14 bits per heavy atom. The van der Waals surface area contributed by atoms with Crippen LogP contribution in [-0.4, -0.2) is 25.9 Å². The third kappa shape index (κ3) is 4.31. The van der Waals surface area contributed by atoms with Crippen LogP contribution in [0.5, 0.6) is 0 Å². The molecule has 1 amide bonds.